The first-order valence-electron chi connectivity index (χ1n) is 9.77. The fourth-order valence-corrected chi connectivity index (χ4v) is 4.17. The summed E-state index contributed by atoms with van der Waals surface area (Å²) < 4.78 is 25.8. The molecule has 1 N–H and O–H groups in total. The van der Waals surface area contributed by atoms with Crippen molar-refractivity contribution in [3.8, 4) is 11.5 Å². The highest BCUT2D eigenvalue weighted by Crippen LogP contribution is 2.30. The molecule has 0 saturated heterocycles. The van der Waals surface area contributed by atoms with Crippen molar-refractivity contribution in [1.82, 2.24) is 14.5 Å². The number of amides is 1. The SMILES string of the molecule is COc1ccc(NC(=O)Cn2c(SCc3cccc(F)c3)nc3cccnc32)cc1OC. The molecule has 0 atom stereocenters. The Bertz CT molecular complexity index is 1260. The van der Waals surface area contributed by atoms with E-state index in [0.29, 0.717) is 39.3 Å². The van der Waals surface area contributed by atoms with Crippen molar-refractivity contribution < 1.29 is 18.7 Å². The number of halogens is 1. The second kappa shape index (κ2) is 9.69. The highest BCUT2D eigenvalue weighted by molar-refractivity contribution is 7.98. The van der Waals surface area contributed by atoms with Crippen molar-refractivity contribution in [1.29, 1.82) is 0 Å². The third-order valence-corrected chi connectivity index (χ3v) is 5.74. The maximum absolute atomic E-state index is 13.5. The molecule has 0 saturated carbocycles. The summed E-state index contributed by atoms with van der Waals surface area (Å²) in [5, 5.41) is 3.50. The molecule has 32 heavy (non-hydrogen) atoms. The number of aromatic nitrogens is 3. The molecule has 7 nitrogen and oxygen atoms in total. The zero-order chi connectivity index (χ0) is 22.5. The first-order valence-corrected chi connectivity index (χ1v) is 10.8. The Morgan fingerprint density at radius 2 is 1.94 bits per heavy atom. The molecular formula is C23H21FN4O3S. The monoisotopic (exact) mass is 452 g/mol. The molecule has 4 aromatic rings. The van der Waals surface area contributed by atoms with E-state index in [4.69, 9.17) is 9.47 Å². The maximum atomic E-state index is 13.5. The molecule has 2 aromatic carbocycles. The number of imidazole rings is 1. The molecule has 9 heteroatoms. The molecule has 2 heterocycles. The average molecular weight is 453 g/mol. The van der Waals surface area contributed by atoms with E-state index in [1.165, 1.54) is 31.0 Å². The summed E-state index contributed by atoms with van der Waals surface area (Å²) in [6.07, 6.45) is 1.66. The Morgan fingerprint density at radius 3 is 2.72 bits per heavy atom. The van der Waals surface area contributed by atoms with Crippen LogP contribution in [0.5, 0.6) is 11.5 Å². The minimum Gasteiger partial charge on any atom is -0.493 e. The van der Waals surface area contributed by atoms with Gasteiger partial charge in [-0.2, -0.15) is 0 Å². The van der Waals surface area contributed by atoms with Gasteiger partial charge in [-0.05, 0) is 42.0 Å². The number of ether oxygens (including phenoxy) is 2. The van der Waals surface area contributed by atoms with Gasteiger partial charge < -0.3 is 14.8 Å². The third-order valence-electron chi connectivity index (χ3n) is 4.69. The van der Waals surface area contributed by atoms with Crippen LogP contribution in [0, 0.1) is 5.82 Å². The summed E-state index contributed by atoms with van der Waals surface area (Å²) in [4.78, 5) is 21.8. The zero-order valence-corrected chi connectivity index (χ0v) is 18.4. The fourth-order valence-electron chi connectivity index (χ4n) is 3.22. The molecule has 164 valence electrons. The Morgan fingerprint density at radius 1 is 1.09 bits per heavy atom. The van der Waals surface area contributed by atoms with Crippen molar-refractivity contribution >= 4 is 34.5 Å². The number of hydrogen-bond acceptors (Lipinski definition) is 6. The van der Waals surface area contributed by atoms with Crippen LogP contribution in [-0.4, -0.2) is 34.7 Å². The van der Waals surface area contributed by atoms with Crippen molar-refractivity contribution in [2.24, 2.45) is 0 Å². The van der Waals surface area contributed by atoms with Crippen molar-refractivity contribution in [2.45, 2.75) is 17.5 Å². The van der Waals surface area contributed by atoms with E-state index in [9.17, 15) is 9.18 Å². The third kappa shape index (κ3) is 4.83. The van der Waals surface area contributed by atoms with Gasteiger partial charge in [0.2, 0.25) is 5.91 Å². The van der Waals surface area contributed by atoms with Crippen LogP contribution in [0.25, 0.3) is 11.2 Å². The van der Waals surface area contributed by atoms with E-state index < -0.39 is 0 Å². The summed E-state index contributed by atoms with van der Waals surface area (Å²) in [6.45, 7) is 0.0212. The van der Waals surface area contributed by atoms with Gasteiger partial charge >= 0.3 is 0 Å². The predicted molar refractivity (Wildman–Crippen MR) is 122 cm³/mol. The van der Waals surface area contributed by atoms with Gasteiger partial charge in [0.25, 0.3) is 0 Å². The molecule has 0 fully saturated rings. The van der Waals surface area contributed by atoms with Gasteiger partial charge in [-0.15, -0.1) is 0 Å². The molecule has 0 spiro atoms. The fraction of sp³-hybridized carbons (Fsp3) is 0.174. The number of fused-ring (bicyclic) bond motifs is 1. The number of carbonyl (C=O) groups is 1. The minimum atomic E-state index is -0.285. The molecule has 0 unspecified atom stereocenters. The summed E-state index contributed by atoms with van der Waals surface area (Å²) in [7, 11) is 3.09. The molecule has 0 radical (unpaired) electrons. The lowest BCUT2D eigenvalue weighted by Crippen LogP contribution is -2.19. The highest BCUT2D eigenvalue weighted by Gasteiger charge is 2.16. The Balaban J connectivity index is 1.55. The number of thioether (sulfide) groups is 1. The standard InChI is InChI=1S/C23H21FN4O3S/c1-30-19-9-8-17(12-20(19)31-2)26-21(29)13-28-22-18(7-4-10-25-22)27-23(28)32-14-15-5-3-6-16(24)11-15/h3-12H,13-14H2,1-2H3,(H,26,29). The lowest BCUT2D eigenvalue weighted by Gasteiger charge is -2.12. The molecule has 0 aliphatic heterocycles. The van der Waals surface area contributed by atoms with Gasteiger partial charge in [-0.25, -0.2) is 14.4 Å². The molecule has 0 aliphatic rings. The Kier molecular flexibility index (Phi) is 6.55. The number of nitrogens with zero attached hydrogens (tertiary/aromatic N) is 3. The van der Waals surface area contributed by atoms with Crippen molar-refractivity contribution in [2.75, 3.05) is 19.5 Å². The van der Waals surface area contributed by atoms with E-state index in [1.807, 2.05) is 12.1 Å². The quantitative estimate of drug-likeness (QED) is 0.396. The summed E-state index contributed by atoms with van der Waals surface area (Å²) >= 11 is 1.42. The topological polar surface area (TPSA) is 78.3 Å². The summed E-state index contributed by atoms with van der Waals surface area (Å²) in [5.41, 5.74) is 2.71. The van der Waals surface area contributed by atoms with Crippen LogP contribution in [0.4, 0.5) is 10.1 Å². The van der Waals surface area contributed by atoms with Crippen molar-refractivity contribution in [3.05, 3.63) is 72.2 Å². The van der Waals surface area contributed by atoms with Crippen LogP contribution in [0.1, 0.15) is 5.56 Å². The second-order valence-electron chi connectivity index (χ2n) is 6.86. The maximum Gasteiger partial charge on any atom is 0.244 e. The predicted octanol–water partition coefficient (Wildman–Crippen LogP) is 4.52. The first-order chi connectivity index (χ1) is 15.6. The molecule has 2 aromatic heterocycles. The van der Waals surface area contributed by atoms with Crippen LogP contribution in [0.2, 0.25) is 0 Å². The molecule has 4 rings (SSSR count). The minimum absolute atomic E-state index is 0.0212. The zero-order valence-electron chi connectivity index (χ0n) is 17.5. The number of hydrogen-bond donors (Lipinski definition) is 1. The van der Waals surface area contributed by atoms with Gasteiger partial charge in [0, 0.05) is 23.7 Å². The summed E-state index contributed by atoms with van der Waals surface area (Å²) in [6, 6.07) is 15.2. The number of methoxy groups -OCH3 is 2. The number of benzene rings is 2. The highest BCUT2D eigenvalue weighted by atomic mass is 32.2. The molecular weight excluding hydrogens is 431 g/mol. The van der Waals surface area contributed by atoms with Gasteiger partial charge in [0.1, 0.15) is 17.9 Å². The molecule has 0 aliphatic carbocycles. The summed E-state index contributed by atoms with van der Waals surface area (Å²) in [5.74, 6) is 1.08. The van der Waals surface area contributed by atoms with E-state index in [0.717, 1.165) is 5.56 Å². The van der Waals surface area contributed by atoms with Gasteiger partial charge in [-0.1, -0.05) is 23.9 Å². The first kappa shape index (κ1) is 21.6. The van der Waals surface area contributed by atoms with Crippen molar-refractivity contribution in [3.63, 3.8) is 0 Å². The van der Waals surface area contributed by atoms with E-state index in [2.05, 4.69) is 15.3 Å². The number of carbonyl (C=O) groups excluding carboxylic acids is 1. The van der Waals surface area contributed by atoms with Crippen LogP contribution in [0.15, 0.2) is 66.0 Å². The smallest absolute Gasteiger partial charge is 0.244 e. The lowest BCUT2D eigenvalue weighted by molar-refractivity contribution is -0.116. The van der Waals surface area contributed by atoms with Crippen LogP contribution < -0.4 is 14.8 Å². The number of nitrogens with one attached hydrogen (secondary N) is 1. The average Bonchev–Trinajstić information content (AvgIpc) is 3.15. The number of pyridine rings is 1. The lowest BCUT2D eigenvalue weighted by atomic mass is 10.2. The normalized spacial score (nSPS) is 10.8. The van der Waals surface area contributed by atoms with Crippen LogP contribution in [0.3, 0.4) is 0 Å². The number of rotatable bonds is 8. The largest absolute Gasteiger partial charge is 0.493 e. The van der Waals surface area contributed by atoms with Gasteiger partial charge in [0.05, 0.1) is 14.2 Å². The van der Waals surface area contributed by atoms with E-state index in [-0.39, 0.29) is 18.3 Å². The van der Waals surface area contributed by atoms with E-state index >= 15 is 0 Å². The Hall–Kier alpha value is -3.59. The van der Waals surface area contributed by atoms with Gasteiger partial charge in [0.15, 0.2) is 22.3 Å². The van der Waals surface area contributed by atoms with E-state index in [1.54, 1.807) is 48.2 Å². The van der Waals surface area contributed by atoms with Crippen LogP contribution in [-0.2, 0) is 17.1 Å². The second-order valence-corrected chi connectivity index (χ2v) is 7.81. The number of anilines is 1. The van der Waals surface area contributed by atoms with Gasteiger partial charge in [-0.3, -0.25) is 9.36 Å². The molecule has 0 bridgehead atoms. The Labute approximate surface area is 188 Å². The molecule has 1 amide bonds. The van der Waals surface area contributed by atoms with Crippen LogP contribution >= 0.6 is 11.8 Å².